The van der Waals surface area contributed by atoms with Gasteiger partial charge in [-0.1, -0.05) is 13.8 Å². The van der Waals surface area contributed by atoms with Crippen molar-refractivity contribution in [2.24, 2.45) is 5.41 Å². The normalized spacial score (nSPS) is 16.1. The summed E-state index contributed by atoms with van der Waals surface area (Å²) in [4.78, 5) is 39.4. The highest BCUT2D eigenvalue weighted by molar-refractivity contribution is 6.01. The molecular weight excluding hydrogens is 302 g/mol. The number of carbonyl (C=O) groups excluding carboxylic acids is 3. The largest absolute Gasteiger partial charge is 0.384 e. The fourth-order valence-electron chi connectivity index (χ4n) is 2.10. The van der Waals surface area contributed by atoms with Crippen LogP contribution in [0.2, 0.25) is 0 Å². The number of hydrogen-bond donors (Lipinski definition) is 0. The zero-order valence-electron chi connectivity index (χ0n) is 14.6. The van der Waals surface area contributed by atoms with Gasteiger partial charge in [-0.25, -0.2) is 4.79 Å². The van der Waals surface area contributed by atoms with E-state index in [0.29, 0.717) is 24.7 Å². The standard InChI is InChI=1S/C16H27NO6/c1-15(2,10-21-5)11-22-16(3,4)9-8-14(20)23-17-12(18)6-7-13(17)19/h6-11H2,1-5H3. The van der Waals surface area contributed by atoms with Crippen LogP contribution in [0.5, 0.6) is 0 Å². The molecule has 0 aliphatic carbocycles. The van der Waals surface area contributed by atoms with Crippen molar-refractivity contribution >= 4 is 17.8 Å². The Kier molecular flexibility index (Phi) is 6.70. The second-order valence-electron chi connectivity index (χ2n) is 7.19. The number of carbonyl (C=O) groups is 3. The Morgan fingerprint density at radius 1 is 1.09 bits per heavy atom. The molecule has 0 radical (unpaired) electrons. The summed E-state index contributed by atoms with van der Waals surface area (Å²) in [5.41, 5.74) is -0.649. The Balaban J connectivity index is 2.38. The molecule has 0 bridgehead atoms. The zero-order chi connectivity index (χ0) is 17.7. The van der Waals surface area contributed by atoms with Crippen molar-refractivity contribution in [2.45, 2.75) is 59.0 Å². The Labute approximate surface area is 137 Å². The third-order valence-electron chi connectivity index (χ3n) is 3.52. The van der Waals surface area contributed by atoms with E-state index in [1.54, 1.807) is 7.11 Å². The first kappa shape index (κ1) is 19.6. The van der Waals surface area contributed by atoms with E-state index < -0.39 is 23.4 Å². The summed E-state index contributed by atoms with van der Waals surface area (Å²) < 4.78 is 11.0. The third kappa shape index (κ3) is 6.66. The zero-order valence-corrected chi connectivity index (χ0v) is 14.6. The summed E-state index contributed by atoms with van der Waals surface area (Å²) in [6.07, 6.45) is 0.671. The van der Waals surface area contributed by atoms with E-state index in [2.05, 4.69) is 0 Å². The van der Waals surface area contributed by atoms with Crippen LogP contribution in [0, 0.1) is 5.41 Å². The maximum atomic E-state index is 11.8. The van der Waals surface area contributed by atoms with Crippen LogP contribution in [0.25, 0.3) is 0 Å². The number of imide groups is 1. The van der Waals surface area contributed by atoms with Crippen molar-refractivity contribution < 1.29 is 28.7 Å². The second kappa shape index (κ2) is 7.88. The smallest absolute Gasteiger partial charge is 0.333 e. The molecule has 2 amide bonds. The van der Waals surface area contributed by atoms with Gasteiger partial charge in [0.25, 0.3) is 11.8 Å². The first-order valence-corrected chi connectivity index (χ1v) is 7.76. The van der Waals surface area contributed by atoms with Gasteiger partial charge in [-0.3, -0.25) is 9.59 Å². The predicted octanol–water partition coefficient (Wildman–Crippen LogP) is 1.84. The van der Waals surface area contributed by atoms with Gasteiger partial charge in [0, 0.05) is 25.4 Å². The lowest BCUT2D eigenvalue weighted by atomic mass is 9.95. The monoisotopic (exact) mass is 329 g/mol. The van der Waals surface area contributed by atoms with Crippen LogP contribution in [0.3, 0.4) is 0 Å². The summed E-state index contributed by atoms with van der Waals surface area (Å²) >= 11 is 0. The number of methoxy groups -OCH3 is 1. The van der Waals surface area contributed by atoms with Crippen LogP contribution in [0.15, 0.2) is 0 Å². The third-order valence-corrected chi connectivity index (χ3v) is 3.52. The van der Waals surface area contributed by atoms with E-state index in [0.717, 1.165) is 0 Å². The van der Waals surface area contributed by atoms with Gasteiger partial charge in [0.1, 0.15) is 0 Å². The van der Waals surface area contributed by atoms with Crippen LogP contribution in [0.4, 0.5) is 0 Å². The number of hydroxylamine groups is 2. The minimum absolute atomic E-state index is 0.0643. The van der Waals surface area contributed by atoms with Gasteiger partial charge in [0.2, 0.25) is 0 Å². The molecule has 1 rings (SSSR count). The first-order chi connectivity index (χ1) is 10.6. The van der Waals surface area contributed by atoms with Gasteiger partial charge in [0.15, 0.2) is 0 Å². The highest BCUT2D eigenvalue weighted by Gasteiger charge is 2.33. The average molecular weight is 329 g/mol. The molecular formula is C16H27NO6. The summed E-state index contributed by atoms with van der Waals surface area (Å²) in [6.45, 7) is 8.90. The summed E-state index contributed by atoms with van der Waals surface area (Å²) in [5.74, 6) is -1.55. The maximum Gasteiger partial charge on any atom is 0.333 e. The molecule has 0 aromatic carbocycles. The quantitative estimate of drug-likeness (QED) is 0.600. The SMILES string of the molecule is COCC(C)(C)COC(C)(C)CCC(=O)ON1C(=O)CCC1=O. The van der Waals surface area contributed by atoms with Crippen molar-refractivity contribution in [1.29, 1.82) is 0 Å². The molecule has 0 aromatic rings. The van der Waals surface area contributed by atoms with Crippen LogP contribution in [0.1, 0.15) is 53.4 Å². The molecule has 0 N–H and O–H groups in total. The van der Waals surface area contributed by atoms with Crippen LogP contribution in [-0.4, -0.2) is 48.8 Å². The van der Waals surface area contributed by atoms with E-state index >= 15 is 0 Å². The van der Waals surface area contributed by atoms with Crippen LogP contribution >= 0.6 is 0 Å². The maximum absolute atomic E-state index is 11.8. The molecule has 23 heavy (non-hydrogen) atoms. The van der Waals surface area contributed by atoms with E-state index in [-0.39, 0.29) is 24.7 Å². The summed E-state index contributed by atoms with van der Waals surface area (Å²) in [5, 5.41) is 0.567. The van der Waals surface area contributed by atoms with Crippen LogP contribution in [-0.2, 0) is 28.7 Å². The lowest BCUT2D eigenvalue weighted by Gasteiger charge is -2.31. The Morgan fingerprint density at radius 2 is 1.65 bits per heavy atom. The summed E-state index contributed by atoms with van der Waals surface area (Å²) in [6, 6.07) is 0. The van der Waals surface area contributed by atoms with Gasteiger partial charge in [0.05, 0.1) is 25.2 Å². The molecule has 0 spiro atoms. The molecule has 0 unspecified atom stereocenters. The van der Waals surface area contributed by atoms with E-state index in [1.807, 2.05) is 27.7 Å². The van der Waals surface area contributed by atoms with Gasteiger partial charge in [-0.2, -0.15) is 0 Å². The minimum Gasteiger partial charge on any atom is -0.384 e. The predicted molar refractivity (Wildman–Crippen MR) is 82.1 cm³/mol. The molecule has 0 atom stereocenters. The number of hydrogen-bond acceptors (Lipinski definition) is 6. The van der Waals surface area contributed by atoms with Crippen molar-refractivity contribution in [1.82, 2.24) is 5.06 Å². The molecule has 1 heterocycles. The van der Waals surface area contributed by atoms with Gasteiger partial charge >= 0.3 is 5.97 Å². The molecule has 0 saturated carbocycles. The van der Waals surface area contributed by atoms with Crippen molar-refractivity contribution in [2.75, 3.05) is 20.3 Å². The second-order valence-corrected chi connectivity index (χ2v) is 7.19. The fourth-order valence-corrected chi connectivity index (χ4v) is 2.10. The van der Waals surface area contributed by atoms with Crippen molar-refractivity contribution in [3.8, 4) is 0 Å². The number of rotatable bonds is 9. The van der Waals surface area contributed by atoms with Crippen molar-refractivity contribution in [3.63, 3.8) is 0 Å². The highest BCUT2D eigenvalue weighted by atomic mass is 16.7. The lowest BCUT2D eigenvalue weighted by Crippen LogP contribution is -2.35. The molecule has 1 aliphatic rings. The number of amides is 2. The molecule has 1 fully saturated rings. The van der Waals surface area contributed by atoms with E-state index in [1.165, 1.54) is 0 Å². The Bertz CT molecular complexity index is 441. The number of nitrogens with zero attached hydrogens (tertiary/aromatic N) is 1. The Hall–Kier alpha value is -1.47. The first-order valence-electron chi connectivity index (χ1n) is 7.76. The molecule has 0 aromatic heterocycles. The van der Waals surface area contributed by atoms with Gasteiger partial charge in [-0.15, -0.1) is 5.06 Å². The number of ether oxygens (including phenoxy) is 2. The molecule has 132 valence electrons. The lowest BCUT2D eigenvalue weighted by molar-refractivity contribution is -0.198. The van der Waals surface area contributed by atoms with Gasteiger partial charge in [-0.05, 0) is 20.3 Å². The summed E-state index contributed by atoms with van der Waals surface area (Å²) in [7, 11) is 1.64. The average Bonchev–Trinajstić information content (AvgIpc) is 2.75. The Morgan fingerprint density at radius 3 is 2.17 bits per heavy atom. The van der Waals surface area contributed by atoms with Crippen LogP contribution < -0.4 is 0 Å². The fraction of sp³-hybridized carbons (Fsp3) is 0.812. The topological polar surface area (TPSA) is 82.1 Å². The van der Waals surface area contributed by atoms with E-state index in [9.17, 15) is 14.4 Å². The van der Waals surface area contributed by atoms with Crippen molar-refractivity contribution in [3.05, 3.63) is 0 Å². The molecule has 1 saturated heterocycles. The molecule has 7 nitrogen and oxygen atoms in total. The van der Waals surface area contributed by atoms with Gasteiger partial charge < -0.3 is 14.3 Å². The molecule has 7 heteroatoms. The highest BCUT2D eigenvalue weighted by Crippen LogP contribution is 2.24. The minimum atomic E-state index is -0.610. The van der Waals surface area contributed by atoms with E-state index in [4.69, 9.17) is 14.3 Å². The molecule has 1 aliphatic heterocycles.